The first-order valence-electron chi connectivity index (χ1n) is 7.13. The van der Waals surface area contributed by atoms with Crippen molar-refractivity contribution < 1.29 is 8.42 Å². The fourth-order valence-corrected chi connectivity index (χ4v) is 6.59. The maximum Gasteiger partial charge on any atom is 0.246 e. The molecule has 0 radical (unpaired) electrons. The Bertz CT molecular complexity index is 667. The van der Waals surface area contributed by atoms with Crippen molar-refractivity contribution in [2.45, 2.75) is 41.9 Å². The Labute approximate surface area is 129 Å². The van der Waals surface area contributed by atoms with Crippen LogP contribution in [0.4, 0.5) is 0 Å². The molecule has 7 heteroatoms. The van der Waals surface area contributed by atoms with Crippen LogP contribution in [0.5, 0.6) is 0 Å². The van der Waals surface area contributed by atoms with Gasteiger partial charge in [0.2, 0.25) is 10.0 Å². The predicted molar refractivity (Wildman–Crippen MR) is 81.3 cm³/mol. The van der Waals surface area contributed by atoms with Crippen LogP contribution in [-0.4, -0.2) is 41.3 Å². The fourth-order valence-electron chi connectivity index (χ4n) is 3.17. The van der Waals surface area contributed by atoms with Gasteiger partial charge in [-0.15, -0.1) is 0 Å². The highest BCUT2D eigenvalue weighted by atomic mass is 32.2. The third kappa shape index (κ3) is 2.68. The Balaban J connectivity index is 1.99. The van der Waals surface area contributed by atoms with Crippen LogP contribution in [0.2, 0.25) is 0 Å². The van der Waals surface area contributed by atoms with E-state index in [1.54, 1.807) is 10.4 Å². The topological polar surface area (TPSA) is 74.1 Å². The van der Waals surface area contributed by atoms with Crippen LogP contribution >= 0.6 is 11.8 Å². The number of pyridine rings is 1. The minimum absolute atomic E-state index is 0.0110. The number of nitriles is 1. The zero-order valence-electron chi connectivity index (χ0n) is 11.6. The number of rotatable bonds is 2. The molecule has 1 aromatic rings. The van der Waals surface area contributed by atoms with Gasteiger partial charge in [0, 0.05) is 29.8 Å². The lowest BCUT2D eigenvalue weighted by Gasteiger charge is -2.42. The molecule has 3 rings (SSSR count). The summed E-state index contributed by atoms with van der Waals surface area (Å²) in [5.74, 6) is 0.822. The van der Waals surface area contributed by atoms with Crippen LogP contribution in [-0.2, 0) is 10.0 Å². The molecule has 1 aromatic heterocycles. The Kier molecular flexibility index (Phi) is 4.20. The highest BCUT2D eigenvalue weighted by Gasteiger charge is 2.41. The van der Waals surface area contributed by atoms with E-state index in [1.807, 2.05) is 17.8 Å². The van der Waals surface area contributed by atoms with Crippen LogP contribution in [0.15, 0.2) is 23.2 Å². The molecule has 0 aromatic carbocycles. The molecule has 2 heterocycles. The standard InChI is InChI=1S/C14H17N3O2S2/c15-10-11-14(6-3-7-16-11)21(18,19)17-8-9-20-13-5-2-1-4-12(13)17/h3,6-7,12-13H,1-2,4-5,8-9H2/t12-,13-/m1/s1. The zero-order valence-corrected chi connectivity index (χ0v) is 13.2. The summed E-state index contributed by atoms with van der Waals surface area (Å²) in [6, 6.07) is 5.02. The molecule has 1 saturated heterocycles. The van der Waals surface area contributed by atoms with Gasteiger partial charge in [0.05, 0.1) is 0 Å². The molecule has 2 aliphatic rings. The van der Waals surface area contributed by atoms with Gasteiger partial charge in [0.1, 0.15) is 11.0 Å². The maximum atomic E-state index is 12.9. The van der Waals surface area contributed by atoms with E-state index in [0.29, 0.717) is 11.8 Å². The SMILES string of the molecule is N#Cc1ncccc1S(=O)(=O)N1CCS[C@@H]2CCCC[C@H]21. The predicted octanol–water partition coefficient (Wildman–Crippen LogP) is 2.00. The lowest BCUT2D eigenvalue weighted by molar-refractivity contribution is 0.261. The molecular weight excluding hydrogens is 306 g/mol. The molecule has 0 unspecified atom stereocenters. The van der Waals surface area contributed by atoms with Gasteiger partial charge in [-0.1, -0.05) is 12.8 Å². The summed E-state index contributed by atoms with van der Waals surface area (Å²) in [5.41, 5.74) is -0.0110. The third-order valence-corrected chi connectivity index (χ3v) is 7.50. The van der Waals surface area contributed by atoms with Crippen LogP contribution in [0.1, 0.15) is 31.4 Å². The molecule has 0 amide bonds. The first-order valence-corrected chi connectivity index (χ1v) is 9.62. The van der Waals surface area contributed by atoms with Crippen molar-refractivity contribution in [2.24, 2.45) is 0 Å². The minimum Gasteiger partial charge on any atom is -0.244 e. The largest absolute Gasteiger partial charge is 0.246 e. The van der Waals surface area contributed by atoms with E-state index in [0.717, 1.165) is 25.0 Å². The van der Waals surface area contributed by atoms with Crippen molar-refractivity contribution in [3.8, 4) is 6.07 Å². The Hall–Kier alpha value is -1.10. The van der Waals surface area contributed by atoms with Crippen molar-refractivity contribution in [3.05, 3.63) is 24.0 Å². The van der Waals surface area contributed by atoms with Gasteiger partial charge in [-0.3, -0.25) is 0 Å². The monoisotopic (exact) mass is 323 g/mol. The van der Waals surface area contributed by atoms with E-state index in [2.05, 4.69) is 4.98 Å². The number of aromatic nitrogens is 1. The summed E-state index contributed by atoms with van der Waals surface area (Å²) in [6.07, 6.45) is 5.70. The van der Waals surface area contributed by atoms with E-state index in [9.17, 15) is 8.42 Å². The minimum atomic E-state index is -3.64. The summed E-state index contributed by atoms with van der Waals surface area (Å²) in [4.78, 5) is 3.94. The van der Waals surface area contributed by atoms with E-state index >= 15 is 0 Å². The molecule has 2 fully saturated rings. The van der Waals surface area contributed by atoms with Crippen molar-refractivity contribution in [1.29, 1.82) is 5.26 Å². The van der Waals surface area contributed by atoms with Gasteiger partial charge >= 0.3 is 0 Å². The summed E-state index contributed by atoms with van der Waals surface area (Å²) in [6.45, 7) is 0.522. The van der Waals surface area contributed by atoms with E-state index in [4.69, 9.17) is 5.26 Å². The second-order valence-electron chi connectivity index (χ2n) is 5.34. The number of thioether (sulfide) groups is 1. The van der Waals surface area contributed by atoms with Crippen LogP contribution in [0.3, 0.4) is 0 Å². The van der Waals surface area contributed by atoms with Crippen molar-refractivity contribution in [1.82, 2.24) is 9.29 Å². The summed E-state index contributed by atoms with van der Waals surface area (Å²) < 4.78 is 27.5. The Morgan fingerprint density at radius 2 is 2.19 bits per heavy atom. The zero-order chi connectivity index (χ0) is 14.9. The Morgan fingerprint density at radius 3 is 3.00 bits per heavy atom. The first-order chi connectivity index (χ1) is 10.1. The van der Waals surface area contributed by atoms with Gasteiger partial charge in [-0.05, 0) is 25.0 Å². The average Bonchev–Trinajstić information content (AvgIpc) is 2.54. The fraction of sp³-hybridized carbons (Fsp3) is 0.571. The second kappa shape index (κ2) is 5.95. The Morgan fingerprint density at radius 1 is 1.38 bits per heavy atom. The molecule has 21 heavy (non-hydrogen) atoms. The third-order valence-electron chi connectivity index (χ3n) is 4.14. The molecule has 1 saturated carbocycles. The second-order valence-corrected chi connectivity index (χ2v) is 8.54. The van der Waals surface area contributed by atoms with Gasteiger partial charge in [-0.2, -0.15) is 21.3 Å². The van der Waals surface area contributed by atoms with Gasteiger partial charge in [0.25, 0.3) is 0 Å². The number of fused-ring (bicyclic) bond motifs is 1. The van der Waals surface area contributed by atoms with E-state index < -0.39 is 10.0 Å². The molecule has 1 aliphatic carbocycles. The molecule has 2 atom stereocenters. The van der Waals surface area contributed by atoms with Gasteiger partial charge in [0.15, 0.2) is 5.69 Å². The van der Waals surface area contributed by atoms with Crippen LogP contribution < -0.4 is 0 Å². The van der Waals surface area contributed by atoms with E-state index in [-0.39, 0.29) is 16.6 Å². The molecular formula is C14H17N3O2S2. The van der Waals surface area contributed by atoms with Gasteiger partial charge < -0.3 is 0 Å². The lowest BCUT2D eigenvalue weighted by atomic mass is 9.95. The first kappa shape index (κ1) is 14.8. The van der Waals surface area contributed by atoms with Crippen LogP contribution in [0, 0.1) is 11.3 Å². The number of hydrogen-bond acceptors (Lipinski definition) is 5. The molecule has 112 valence electrons. The highest BCUT2D eigenvalue weighted by Crippen LogP contribution is 2.38. The summed E-state index contributed by atoms with van der Waals surface area (Å²) >= 11 is 1.89. The quantitative estimate of drug-likeness (QED) is 0.832. The molecule has 1 aliphatic heterocycles. The number of sulfonamides is 1. The lowest BCUT2D eigenvalue weighted by Crippen LogP contribution is -2.51. The maximum absolute atomic E-state index is 12.9. The molecule has 0 N–H and O–H groups in total. The molecule has 0 spiro atoms. The molecule has 0 bridgehead atoms. The van der Waals surface area contributed by atoms with Crippen LogP contribution in [0.25, 0.3) is 0 Å². The number of hydrogen-bond donors (Lipinski definition) is 0. The normalized spacial score (nSPS) is 26.8. The average molecular weight is 323 g/mol. The summed E-state index contributed by atoms with van der Waals surface area (Å²) in [5, 5.41) is 9.51. The van der Waals surface area contributed by atoms with Gasteiger partial charge in [-0.25, -0.2) is 13.4 Å². The summed E-state index contributed by atoms with van der Waals surface area (Å²) in [7, 11) is -3.64. The number of nitrogens with zero attached hydrogens (tertiary/aromatic N) is 3. The molecule has 5 nitrogen and oxygen atoms in total. The van der Waals surface area contributed by atoms with Crippen molar-refractivity contribution >= 4 is 21.8 Å². The van der Waals surface area contributed by atoms with E-state index in [1.165, 1.54) is 18.7 Å². The smallest absolute Gasteiger partial charge is 0.244 e. The highest BCUT2D eigenvalue weighted by molar-refractivity contribution is 8.00. The van der Waals surface area contributed by atoms with Crippen molar-refractivity contribution in [3.63, 3.8) is 0 Å². The van der Waals surface area contributed by atoms with Crippen molar-refractivity contribution in [2.75, 3.05) is 12.3 Å².